The first-order valence-electron chi connectivity index (χ1n) is 4.59. The SMILES string of the molecule is CC1(C)Cc2ccc(Cl)cc2C(=O)N1. The molecule has 0 spiro atoms. The van der Waals surface area contributed by atoms with Gasteiger partial charge in [0.1, 0.15) is 0 Å². The lowest BCUT2D eigenvalue weighted by molar-refractivity contribution is 0.0897. The van der Waals surface area contributed by atoms with Crippen LogP contribution in [0.2, 0.25) is 5.02 Å². The minimum absolute atomic E-state index is 0.0289. The molecule has 3 heteroatoms. The number of nitrogens with one attached hydrogen (secondary N) is 1. The molecule has 0 saturated heterocycles. The average Bonchev–Trinajstić information content (AvgIpc) is 2.05. The molecule has 1 aliphatic rings. The normalized spacial score (nSPS) is 18.6. The van der Waals surface area contributed by atoms with Crippen LogP contribution in [0, 0.1) is 0 Å². The summed E-state index contributed by atoms with van der Waals surface area (Å²) in [5.41, 5.74) is 1.62. The Morgan fingerprint density at radius 2 is 2.14 bits per heavy atom. The van der Waals surface area contributed by atoms with Gasteiger partial charge in [-0.05, 0) is 38.0 Å². The van der Waals surface area contributed by atoms with E-state index in [2.05, 4.69) is 5.32 Å². The summed E-state index contributed by atoms with van der Waals surface area (Å²) in [4.78, 5) is 11.7. The summed E-state index contributed by atoms with van der Waals surface area (Å²) in [5.74, 6) is -0.0289. The standard InChI is InChI=1S/C11H12ClNO/c1-11(2)6-7-3-4-8(12)5-9(7)10(14)13-11/h3-5H,6H2,1-2H3,(H,13,14). The van der Waals surface area contributed by atoms with Crippen LogP contribution in [0.15, 0.2) is 18.2 Å². The summed E-state index contributed by atoms with van der Waals surface area (Å²) < 4.78 is 0. The van der Waals surface area contributed by atoms with Gasteiger partial charge in [-0.25, -0.2) is 0 Å². The van der Waals surface area contributed by atoms with E-state index in [0.717, 1.165) is 12.0 Å². The molecule has 14 heavy (non-hydrogen) atoms. The summed E-state index contributed by atoms with van der Waals surface area (Å²) in [5, 5.41) is 3.55. The molecule has 0 aromatic heterocycles. The molecule has 0 bridgehead atoms. The second kappa shape index (κ2) is 2.99. The predicted molar refractivity (Wildman–Crippen MR) is 56.7 cm³/mol. The van der Waals surface area contributed by atoms with Crippen molar-refractivity contribution >= 4 is 17.5 Å². The van der Waals surface area contributed by atoms with Gasteiger partial charge in [0.2, 0.25) is 0 Å². The number of carbonyl (C=O) groups excluding carboxylic acids is 1. The molecule has 1 aromatic rings. The number of amides is 1. The Kier molecular flexibility index (Phi) is 2.04. The molecule has 1 amide bonds. The lowest BCUT2D eigenvalue weighted by Gasteiger charge is -2.32. The number of fused-ring (bicyclic) bond motifs is 1. The highest BCUT2D eigenvalue weighted by atomic mass is 35.5. The third kappa shape index (κ3) is 1.62. The van der Waals surface area contributed by atoms with E-state index in [1.807, 2.05) is 26.0 Å². The van der Waals surface area contributed by atoms with Gasteiger partial charge in [-0.3, -0.25) is 4.79 Å². The molecule has 1 aliphatic heterocycles. The third-order valence-corrected chi connectivity index (χ3v) is 2.64. The van der Waals surface area contributed by atoms with Gasteiger partial charge in [-0.15, -0.1) is 0 Å². The largest absolute Gasteiger partial charge is 0.347 e. The zero-order valence-corrected chi connectivity index (χ0v) is 8.98. The van der Waals surface area contributed by atoms with Crippen LogP contribution in [-0.4, -0.2) is 11.4 Å². The number of carbonyl (C=O) groups is 1. The summed E-state index contributed by atoms with van der Waals surface area (Å²) in [7, 11) is 0. The number of hydrogen-bond donors (Lipinski definition) is 1. The molecule has 2 nitrogen and oxygen atoms in total. The van der Waals surface area contributed by atoms with Crippen LogP contribution in [0.4, 0.5) is 0 Å². The van der Waals surface area contributed by atoms with Crippen molar-refractivity contribution < 1.29 is 4.79 Å². The zero-order chi connectivity index (χ0) is 10.3. The van der Waals surface area contributed by atoms with E-state index < -0.39 is 0 Å². The van der Waals surface area contributed by atoms with Crippen LogP contribution in [0.3, 0.4) is 0 Å². The van der Waals surface area contributed by atoms with E-state index in [-0.39, 0.29) is 11.4 Å². The molecule has 74 valence electrons. The van der Waals surface area contributed by atoms with Crippen molar-refractivity contribution in [2.75, 3.05) is 0 Å². The predicted octanol–water partition coefficient (Wildman–Crippen LogP) is 2.40. The fourth-order valence-corrected chi connectivity index (χ4v) is 1.98. The number of hydrogen-bond acceptors (Lipinski definition) is 1. The first-order valence-corrected chi connectivity index (χ1v) is 4.97. The molecule has 0 radical (unpaired) electrons. The van der Waals surface area contributed by atoms with E-state index in [1.165, 1.54) is 0 Å². The third-order valence-electron chi connectivity index (χ3n) is 2.40. The van der Waals surface area contributed by atoms with E-state index in [4.69, 9.17) is 11.6 Å². The Balaban J connectivity index is 2.50. The van der Waals surface area contributed by atoms with Gasteiger partial charge in [0.05, 0.1) is 0 Å². The maximum Gasteiger partial charge on any atom is 0.252 e. The summed E-state index contributed by atoms with van der Waals surface area (Å²) >= 11 is 5.83. The molecule has 0 unspecified atom stereocenters. The smallest absolute Gasteiger partial charge is 0.252 e. The Morgan fingerprint density at radius 3 is 2.86 bits per heavy atom. The van der Waals surface area contributed by atoms with E-state index in [1.54, 1.807) is 6.07 Å². The zero-order valence-electron chi connectivity index (χ0n) is 8.23. The molecule has 1 heterocycles. The monoisotopic (exact) mass is 209 g/mol. The maximum atomic E-state index is 11.7. The maximum absolute atomic E-state index is 11.7. The average molecular weight is 210 g/mol. The molecule has 0 atom stereocenters. The van der Waals surface area contributed by atoms with Crippen LogP contribution in [0.1, 0.15) is 29.8 Å². The van der Waals surface area contributed by atoms with Gasteiger partial charge in [0, 0.05) is 16.1 Å². The molecular weight excluding hydrogens is 198 g/mol. The molecule has 0 saturated carbocycles. The fourth-order valence-electron chi connectivity index (χ4n) is 1.81. The molecule has 2 rings (SSSR count). The molecule has 1 aromatic carbocycles. The lowest BCUT2D eigenvalue weighted by Crippen LogP contribution is -2.49. The van der Waals surface area contributed by atoms with E-state index >= 15 is 0 Å². The minimum Gasteiger partial charge on any atom is -0.347 e. The van der Waals surface area contributed by atoms with Crippen LogP contribution in [0.5, 0.6) is 0 Å². The Bertz CT molecular complexity index is 398. The molecular formula is C11H12ClNO. The topological polar surface area (TPSA) is 29.1 Å². The Morgan fingerprint density at radius 1 is 1.43 bits per heavy atom. The Labute approximate surface area is 88.3 Å². The summed E-state index contributed by atoms with van der Waals surface area (Å²) in [6.45, 7) is 4.03. The minimum atomic E-state index is -0.155. The highest BCUT2D eigenvalue weighted by Crippen LogP contribution is 2.25. The van der Waals surface area contributed by atoms with Crippen LogP contribution in [0.25, 0.3) is 0 Å². The van der Waals surface area contributed by atoms with Gasteiger partial charge in [0.25, 0.3) is 5.91 Å². The van der Waals surface area contributed by atoms with Crippen molar-refractivity contribution in [3.63, 3.8) is 0 Å². The summed E-state index contributed by atoms with van der Waals surface area (Å²) in [6, 6.07) is 5.48. The van der Waals surface area contributed by atoms with Crippen molar-refractivity contribution in [2.45, 2.75) is 25.8 Å². The molecule has 0 fully saturated rings. The quantitative estimate of drug-likeness (QED) is 0.699. The van der Waals surface area contributed by atoms with Crippen molar-refractivity contribution in [2.24, 2.45) is 0 Å². The van der Waals surface area contributed by atoms with E-state index in [0.29, 0.717) is 10.6 Å². The van der Waals surface area contributed by atoms with Crippen molar-refractivity contribution in [1.82, 2.24) is 5.32 Å². The highest BCUT2D eigenvalue weighted by molar-refractivity contribution is 6.31. The van der Waals surface area contributed by atoms with Gasteiger partial charge in [-0.2, -0.15) is 0 Å². The number of benzene rings is 1. The fraction of sp³-hybridized carbons (Fsp3) is 0.364. The van der Waals surface area contributed by atoms with Gasteiger partial charge >= 0.3 is 0 Å². The van der Waals surface area contributed by atoms with Crippen LogP contribution >= 0.6 is 11.6 Å². The van der Waals surface area contributed by atoms with Crippen LogP contribution < -0.4 is 5.32 Å². The summed E-state index contributed by atoms with van der Waals surface area (Å²) in [6.07, 6.45) is 0.852. The molecule has 0 aliphatic carbocycles. The highest BCUT2D eigenvalue weighted by Gasteiger charge is 2.29. The van der Waals surface area contributed by atoms with Crippen molar-refractivity contribution in [3.05, 3.63) is 34.3 Å². The van der Waals surface area contributed by atoms with Gasteiger partial charge in [0.15, 0.2) is 0 Å². The first kappa shape index (κ1) is 9.53. The lowest BCUT2D eigenvalue weighted by atomic mass is 9.87. The van der Waals surface area contributed by atoms with Crippen molar-refractivity contribution in [3.8, 4) is 0 Å². The van der Waals surface area contributed by atoms with Gasteiger partial charge in [-0.1, -0.05) is 17.7 Å². The van der Waals surface area contributed by atoms with E-state index in [9.17, 15) is 4.79 Å². The second-order valence-corrected chi connectivity index (χ2v) is 4.75. The van der Waals surface area contributed by atoms with Crippen LogP contribution in [-0.2, 0) is 6.42 Å². The second-order valence-electron chi connectivity index (χ2n) is 4.32. The first-order chi connectivity index (χ1) is 6.48. The van der Waals surface area contributed by atoms with Gasteiger partial charge < -0.3 is 5.32 Å². The van der Waals surface area contributed by atoms with Crippen molar-refractivity contribution in [1.29, 1.82) is 0 Å². The molecule has 1 N–H and O–H groups in total. The number of halogens is 1. The Hall–Kier alpha value is -1.02. The number of rotatable bonds is 0.